The summed E-state index contributed by atoms with van der Waals surface area (Å²) in [6.45, 7) is 4.30. The first kappa shape index (κ1) is 19.9. The molecule has 3 amide bonds. The van der Waals surface area contributed by atoms with Gasteiger partial charge >= 0.3 is 6.03 Å². The minimum atomic E-state index is -0.247. The zero-order valence-corrected chi connectivity index (χ0v) is 16.2. The predicted molar refractivity (Wildman–Crippen MR) is 106 cm³/mol. The van der Waals surface area contributed by atoms with Crippen molar-refractivity contribution < 1.29 is 14.0 Å². The molecule has 2 aromatic carbocycles. The van der Waals surface area contributed by atoms with E-state index in [0.29, 0.717) is 26.2 Å². The van der Waals surface area contributed by atoms with Crippen LogP contribution in [0.3, 0.4) is 0 Å². The van der Waals surface area contributed by atoms with Gasteiger partial charge in [0, 0.05) is 26.2 Å². The number of nitrogens with one attached hydrogen (secondary N) is 1. The maximum absolute atomic E-state index is 12.9. The Morgan fingerprint density at radius 3 is 2.61 bits per heavy atom. The van der Waals surface area contributed by atoms with Gasteiger partial charge in [0.1, 0.15) is 12.4 Å². The van der Waals surface area contributed by atoms with Crippen LogP contribution in [0.15, 0.2) is 48.5 Å². The smallest absolute Gasteiger partial charge is 0.317 e. The lowest BCUT2D eigenvalue weighted by atomic mass is 10.1. The van der Waals surface area contributed by atoms with Crippen molar-refractivity contribution in [3.8, 4) is 0 Å². The number of piperazine rings is 1. The molecule has 0 bridgehead atoms. The lowest BCUT2D eigenvalue weighted by Gasteiger charge is -2.34. The number of aryl methyl sites for hydroxylation is 2. The summed E-state index contributed by atoms with van der Waals surface area (Å²) >= 11 is 0. The summed E-state index contributed by atoms with van der Waals surface area (Å²) < 4.78 is 12.9. The molecule has 0 spiro atoms. The van der Waals surface area contributed by atoms with Crippen molar-refractivity contribution >= 4 is 11.9 Å². The molecule has 0 unspecified atom stereocenters. The van der Waals surface area contributed by atoms with Crippen LogP contribution in [0.5, 0.6) is 0 Å². The van der Waals surface area contributed by atoms with Crippen LogP contribution in [0.2, 0.25) is 0 Å². The van der Waals surface area contributed by atoms with Crippen LogP contribution < -0.4 is 5.32 Å². The van der Waals surface area contributed by atoms with E-state index in [1.165, 1.54) is 17.7 Å². The summed E-state index contributed by atoms with van der Waals surface area (Å²) in [7, 11) is 0. The van der Waals surface area contributed by atoms with Crippen molar-refractivity contribution in [1.82, 2.24) is 15.1 Å². The highest BCUT2D eigenvalue weighted by atomic mass is 19.1. The van der Waals surface area contributed by atoms with E-state index in [1.807, 2.05) is 25.1 Å². The van der Waals surface area contributed by atoms with Crippen LogP contribution in [-0.4, -0.2) is 47.9 Å². The van der Waals surface area contributed by atoms with Crippen LogP contribution in [0.25, 0.3) is 0 Å². The molecule has 28 heavy (non-hydrogen) atoms. The molecule has 3 rings (SSSR count). The normalized spacial score (nSPS) is 14.3. The Bertz CT molecular complexity index is 823. The Morgan fingerprint density at radius 2 is 1.89 bits per heavy atom. The SMILES string of the molecule is Cc1cccc(CN2CCN(C(=O)NCCCc3ccc(F)cc3)CC2=O)c1. The van der Waals surface area contributed by atoms with Gasteiger partial charge < -0.3 is 15.1 Å². The Hall–Kier alpha value is -2.89. The third-order valence-electron chi connectivity index (χ3n) is 4.89. The Morgan fingerprint density at radius 1 is 1.11 bits per heavy atom. The van der Waals surface area contributed by atoms with Crippen LogP contribution in [0.1, 0.15) is 23.1 Å². The number of benzene rings is 2. The second-order valence-electron chi connectivity index (χ2n) is 7.19. The summed E-state index contributed by atoms with van der Waals surface area (Å²) in [6, 6.07) is 14.3. The largest absolute Gasteiger partial charge is 0.338 e. The molecular weight excluding hydrogens is 357 g/mol. The molecular formula is C22H26FN3O2. The van der Waals surface area contributed by atoms with Gasteiger partial charge in [-0.2, -0.15) is 0 Å². The molecule has 0 aliphatic carbocycles. The van der Waals surface area contributed by atoms with Crippen LogP contribution in [0.4, 0.5) is 9.18 Å². The monoisotopic (exact) mass is 383 g/mol. The van der Waals surface area contributed by atoms with Crippen molar-refractivity contribution in [2.75, 3.05) is 26.2 Å². The maximum Gasteiger partial charge on any atom is 0.317 e. The molecule has 0 aromatic heterocycles. The molecule has 148 valence electrons. The first-order valence-corrected chi connectivity index (χ1v) is 9.62. The number of carbonyl (C=O) groups excluding carboxylic acids is 2. The highest BCUT2D eigenvalue weighted by molar-refractivity contribution is 5.85. The zero-order chi connectivity index (χ0) is 19.9. The molecule has 0 atom stereocenters. The maximum atomic E-state index is 12.9. The molecule has 1 heterocycles. The van der Waals surface area contributed by atoms with Gasteiger partial charge in [-0.05, 0) is 43.0 Å². The first-order valence-electron chi connectivity index (χ1n) is 9.62. The standard InChI is InChI=1S/C22H26FN3O2/c1-17-4-2-5-19(14-17)15-25-12-13-26(16-21(25)27)22(28)24-11-3-6-18-7-9-20(23)10-8-18/h2,4-5,7-10,14H,3,6,11-13,15-16H2,1H3,(H,24,28). The third-order valence-corrected chi connectivity index (χ3v) is 4.89. The van der Waals surface area contributed by atoms with E-state index in [4.69, 9.17) is 0 Å². The minimum Gasteiger partial charge on any atom is -0.338 e. The fraction of sp³-hybridized carbons (Fsp3) is 0.364. The summed E-state index contributed by atoms with van der Waals surface area (Å²) in [4.78, 5) is 28.1. The molecule has 1 aliphatic rings. The van der Waals surface area contributed by atoms with Crippen molar-refractivity contribution in [1.29, 1.82) is 0 Å². The minimum absolute atomic E-state index is 0.0331. The van der Waals surface area contributed by atoms with E-state index < -0.39 is 0 Å². The molecule has 1 fully saturated rings. The molecule has 0 radical (unpaired) electrons. The topological polar surface area (TPSA) is 52.6 Å². The van der Waals surface area contributed by atoms with Crippen molar-refractivity contribution in [2.45, 2.75) is 26.3 Å². The van der Waals surface area contributed by atoms with Crippen molar-refractivity contribution in [3.63, 3.8) is 0 Å². The number of urea groups is 1. The van der Waals surface area contributed by atoms with Gasteiger partial charge in [-0.15, -0.1) is 0 Å². The van der Waals surface area contributed by atoms with Gasteiger partial charge in [-0.25, -0.2) is 9.18 Å². The second-order valence-corrected chi connectivity index (χ2v) is 7.19. The zero-order valence-electron chi connectivity index (χ0n) is 16.2. The number of hydrogen-bond donors (Lipinski definition) is 1. The van der Waals surface area contributed by atoms with E-state index in [2.05, 4.69) is 11.4 Å². The summed E-state index contributed by atoms with van der Waals surface area (Å²) in [6.07, 6.45) is 1.53. The average Bonchev–Trinajstić information content (AvgIpc) is 2.68. The number of amides is 3. The third kappa shape index (κ3) is 5.55. The Labute approximate surface area is 165 Å². The van der Waals surface area contributed by atoms with Gasteiger partial charge in [-0.1, -0.05) is 42.0 Å². The molecule has 2 aromatic rings. The van der Waals surface area contributed by atoms with Gasteiger partial charge in [0.2, 0.25) is 5.91 Å². The average molecular weight is 383 g/mol. The number of hydrogen-bond acceptors (Lipinski definition) is 2. The molecule has 1 N–H and O–H groups in total. The van der Waals surface area contributed by atoms with Crippen molar-refractivity contribution in [2.24, 2.45) is 0 Å². The van der Waals surface area contributed by atoms with E-state index >= 15 is 0 Å². The lowest BCUT2D eigenvalue weighted by molar-refractivity contribution is -0.135. The molecule has 1 saturated heterocycles. The van der Waals surface area contributed by atoms with Crippen LogP contribution in [0, 0.1) is 12.7 Å². The fourth-order valence-electron chi connectivity index (χ4n) is 3.33. The molecule has 5 nitrogen and oxygen atoms in total. The van der Waals surface area contributed by atoms with Crippen LogP contribution >= 0.6 is 0 Å². The fourth-order valence-corrected chi connectivity index (χ4v) is 3.33. The summed E-state index contributed by atoms with van der Waals surface area (Å²) in [5.41, 5.74) is 3.31. The Kier molecular flexibility index (Phi) is 6.63. The quantitative estimate of drug-likeness (QED) is 0.780. The number of carbonyl (C=O) groups is 2. The highest BCUT2D eigenvalue weighted by Crippen LogP contribution is 2.11. The summed E-state index contributed by atoms with van der Waals surface area (Å²) in [5, 5.41) is 2.87. The Balaban J connectivity index is 1.40. The lowest BCUT2D eigenvalue weighted by Crippen LogP contribution is -2.54. The van der Waals surface area contributed by atoms with E-state index in [0.717, 1.165) is 24.0 Å². The van der Waals surface area contributed by atoms with E-state index in [-0.39, 0.29) is 24.3 Å². The first-order chi connectivity index (χ1) is 13.5. The molecule has 6 heteroatoms. The van der Waals surface area contributed by atoms with E-state index in [1.54, 1.807) is 21.9 Å². The van der Waals surface area contributed by atoms with Crippen LogP contribution in [-0.2, 0) is 17.8 Å². The van der Waals surface area contributed by atoms with Gasteiger partial charge in [0.15, 0.2) is 0 Å². The van der Waals surface area contributed by atoms with E-state index in [9.17, 15) is 14.0 Å². The number of rotatable bonds is 6. The van der Waals surface area contributed by atoms with Crippen molar-refractivity contribution in [3.05, 3.63) is 71.0 Å². The number of halogens is 1. The molecule has 0 saturated carbocycles. The predicted octanol–water partition coefficient (Wildman–Crippen LogP) is 3.12. The molecule has 1 aliphatic heterocycles. The summed E-state index contributed by atoms with van der Waals surface area (Å²) in [5.74, 6) is -0.280. The highest BCUT2D eigenvalue weighted by Gasteiger charge is 2.26. The van der Waals surface area contributed by atoms with Gasteiger partial charge in [0.25, 0.3) is 0 Å². The number of nitrogens with zero attached hydrogens (tertiary/aromatic N) is 2. The van der Waals surface area contributed by atoms with Gasteiger partial charge in [0.05, 0.1) is 0 Å². The van der Waals surface area contributed by atoms with Gasteiger partial charge in [-0.3, -0.25) is 4.79 Å². The second kappa shape index (κ2) is 9.35.